The van der Waals surface area contributed by atoms with Gasteiger partial charge in [0.25, 0.3) is 0 Å². The second-order valence-electron chi connectivity index (χ2n) is 8.87. The summed E-state index contributed by atoms with van der Waals surface area (Å²) in [5, 5.41) is 15.1. The molecule has 2 bridgehead atoms. The maximum absolute atomic E-state index is 15.6. The predicted octanol–water partition coefficient (Wildman–Crippen LogP) is 2.58. The smallest absolute Gasteiger partial charge is 0.328 e. The van der Waals surface area contributed by atoms with E-state index in [9.17, 15) is 19.6 Å². The van der Waals surface area contributed by atoms with Crippen LogP contribution in [-0.2, 0) is 21.7 Å². The normalized spacial score (nSPS) is 19.4. The van der Waals surface area contributed by atoms with Crippen LogP contribution in [-0.4, -0.2) is 66.4 Å². The predicted molar refractivity (Wildman–Crippen MR) is 128 cm³/mol. The average Bonchev–Trinajstić information content (AvgIpc) is 2.83. The highest BCUT2D eigenvalue weighted by Crippen LogP contribution is 2.55. The Morgan fingerprint density at radius 3 is 2.81 bits per heavy atom. The van der Waals surface area contributed by atoms with E-state index in [-0.39, 0.29) is 48.2 Å². The number of nitrogens with one attached hydrogen (secondary N) is 2. The Kier molecular flexibility index (Phi) is 6.85. The van der Waals surface area contributed by atoms with E-state index in [1.807, 2.05) is 6.07 Å². The van der Waals surface area contributed by atoms with Crippen LogP contribution >= 0.6 is 0 Å². The molecule has 1 fully saturated rings. The molecule has 188 valence electrons. The number of urea groups is 1. The van der Waals surface area contributed by atoms with E-state index in [2.05, 4.69) is 20.6 Å². The monoisotopic (exact) mass is 495 g/mol. The van der Waals surface area contributed by atoms with Crippen molar-refractivity contribution in [2.24, 2.45) is 0 Å². The molecule has 0 atom stereocenters. The van der Waals surface area contributed by atoms with Gasteiger partial charge in [-0.05, 0) is 6.07 Å². The number of hydrogen-bond acceptors (Lipinski definition) is 8. The lowest BCUT2D eigenvalue weighted by Crippen LogP contribution is -2.60. The number of alkyl halides is 1. The molecule has 0 saturated heterocycles. The number of rotatable bonds is 8. The fourth-order valence-electron chi connectivity index (χ4n) is 4.41. The summed E-state index contributed by atoms with van der Waals surface area (Å²) in [6.45, 7) is 2.34. The Labute approximate surface area is 207 Å². The molecule has 11 nitrogen and oxygen atoms in total. The van der Waals surface area contributed by atoms with Crippen molar-refractivity contribution in [3.05, 3.63) is 40.7 Å². The molecule has 36 heavy (non-hydrogen) atoms. The maximum atomic E-state index is 15.6. The van der Waals surface area contributed by atoms with Gasteiger partial charge in [-0.25, -0.2) is 19.2 Å². The highest BCUT2D eigenvalue weighted by Gasteiger charge is 2.57. The number of aromatic nitrogens is 2. The number of hydrogen-bond donors (Lipinski definition) is 2. The van der Waals surface area contributed by atoms with Gasteiger partial charge in [0.1, 0.15) is 29.1 Å². The summed E-state index contributed by atoms with van der Waals surface area (Å²) < 4.78 is 20.6. The number of nitrogens with zero attached hydrogens (tertiary/aromatic N) is 5. The number of nitriles is 1. The van der Waals surface area contributed by atoms with E-state index in [0.717, 1.165) is 0 Å². The molecule has 5 rings (SSSR count). The van der Waals surface area contributed by atoms with Gasteiger partial charge in [0.05, 0.1) is 17.9 Å². The molecule has 12 heteroatoms. The highest BCUT2D eigenvalue weighted by molar-refractivity contribution is 6.03. The van der Waals surface area contributed by atoms with E-state index in [0.29, 0.717) is 36.3 Å². The van der Waals surface area contributed by atoms with Crippen LogP contribution in [0.15, 0.2) is 18.3 Å². The number of aldehydes is 1. The molecule has 2 aromatic heterocycles. The SMILES string of the molecule is COCCNc1cc(NC(=O)N2c3nc(C=O)c(CN(C)C(C)=O)cc3C3(F)CC2C3)ncc1C#N. The van der Waals surface area contributed by atoms with Crippen molar-refractivity contribution in [1.82, 2.24) is 14.9 Å². The molecule has 1 aliphatic carbocycles. The lowest BCUT2D eigenvalue weighted by Gasteiger charge is -2.52. The number of pyridine rings is 2. The fraction of sp³-hybridized carbons (Fsp3) is 0.417. The Hall–Kier alpha value is -4.11. The summed E-state index contributed by atoms with van der Waals surface area (Å²) in [5.74, 6) is 0.0448. The van der Waals surface area contributed by atoms with Gasteiger partial charge >= 0.3 is 6.03 Å². The molecule has 3 amide bonds. The molecule has 2 aromatic rings. The zero-order valence-corrected chi connectivity index (χ0v) is 20.2. The van der Waals surface area contributed by atoms with Crippen LogP contribution in [0.25, 0.3) is 0 Å². The van der Waals surface area contributed by atoms with Crippen molar-refractivity contribution in [3.63, 3.8) is 0 Å². The van der Waals surface area contributed by atoms with Gasteiger partial charge in [0.2, 0.25) is 5.91 Å². The van der Waals surface area contributed by atoms with Crippen LogP contribution in [0.2, 0.25) is 0 Å². The second kappa shape index (κ2) is 9.87. The summed E-state index contributed by atoms with van der Waals surface area (Å²) in [6, 6.07) is 4.08. The van der Waals surface area contributed by atoms with E-state index < -0.39 is 17.7 Å². The third-order valence-corrected chi connectivity index (χ3v) is 6.47. The van der Waals surface area contributed by atoms with E-state index >= 15 is 4.39 Å². The molecule has 2 N–H and O–H groups in total. The van der Waals surface area contributed by atoms with Crippen molar-refractivity contribution < 1.29 is 23.5 Å². The Balaban J connectivity index is 1.63. The Bertz CT molecular complexity index is 1260. The minimum atomic E-state index is -1.65. The molecule has 2 aliphatic heterocycles. The molecule has 0 aromatic carbocycles. The Morgan fingerprint density at radius 1 is 1.42 bits per heavy atom. The van der Waals surface area contributed by atoms with Gasteiger partial charge in [-0.1, -0.05) is 0 Å². The summed E-state index contributed by atoms with van der Waals surface area (Å²) in [5.41, 5.74) is -0.220. The molecule has 0 unspecified atom stereocenters. The van der Waals surface area contributed by atoms with Gasteiger partial charge in [-0.15, -0.1) is 0 Å². The molecule has 3 aliphatic rings. The summed E-state index contributed by atoms with van der Waals surface area (Å²) >= 11 is 0. The fourth-order valence-corrected chi connectivity index (χ4v) is 4.41. The quantitative estimate of drug-likeness (QED) is 0.421. The third-order valence-electron chi connectivity index (χ3n) is 6.47. The first kappa shape index (κ1) is 25.0. The number of ether oxygens (including phenoxy) is 1. The number of methoxy groups -OCH3 is 1. The van der Waals surface area contributed by atoms with Gasteiger partial charge in [0, 0.05) is 76.4 Å². The zero-order valence-electron chi connectivity index (χ0n) is 20.2. The van der Waals surface area contributed by atoms with Crippen LogP contribution in [0, 0.1) is 11.3 Å². The van der Waals surface area contributed by atoms with Crippen molar-refractivity contribution in [2.45, 2.75) is 38.0 Å². The summed E-state index contributed by atoms with van der Waals surface area (Å²) in [4.78, 5) is 48.0. The van der Waals surface area contributed by atoms with Gasteiger partial charge in [-0.2, -0.15) is 5.26 Å². The van der Waals surface area contributed by atoms with Crippen molar-refractivity contribution >= 4 is 35.5 Å². The van der Waals surface area contributed by atoms with Crippen LogP contribution < -0.4 is 15.5 Å². The maximum Gasteiger partial charge on any atom is 0.328 e. The van der Waals surface area contributed by atoms with E-state index in [1.165, 1.54) is 35.1 Å². The topological polar surface area (TPSA) is 141 Å². The lowest BCUT2D eigenvalue weighted by atomic mass is 9.68. The number of carbonyl (C=O) groups is 3. The molecule has 0 spiro atoms. The van der Waals surface area contributed by atoms with E-state index in [4.69, 9.17) is 4.74 Å². The van der Waals surface area contributed by atoms with Crippen molar-refractivity contribution in [2.75, 3.05) is 42.8 Å². The first-order chi connectivity index (χ1) is 17.2. The second-order valence-corrected chi connectivity index (χ2v) is 8.87. The minimum Gasteiger partial charge on any atom is -0.383 e. The average molecular weight is 496 g/mol. The van der Waals surface area contributed by atoms with Crippen molar-refractivity contribution in [1.29, 1.82) is 5.26 Å². The highest BCUT2D eigenvalue weighted by atomic mass is 19.1. The standard InChI is InChI=1S/C24H26FN7O4/c1-14(34)31(2)12-15-6-18-22(29-20(15)13-33)32(17-8-24(18,25)9-17)23(35)30-21-7-19(27-4-5-36-3)16(10-26)11-28-21/h6-7,11,13,17H,4-5,8-9,12H2,1-3H3,(H2,27,28,30,35). The molecule has 0 radical (unpaired) electrons. The number of anilines is 3. The molecular weight excluding hydrogens is 469 g/mol. The van der Waals surface area contributed by atoms with Gasteiger partial charge in [0.15, 0.2) is 6.29 Å². The van der Waals surface area contributed by atoms with Crippen LogP contribution in [0.4, 0.5) is 26.5 Å². The molecular formula is C24H26FN7O4. The van der Waals surface area contributed by atoms with Crippen LogP contribution in [0.5, 0.6) is 0 Å². The van der Waals surface area contributed by atoms with E-state index in [1.54, 1.807) is 14.2 Å². The largest absolute Gasteiger partial charge is 0.383 e. The minimum absolute atomic E-state index is 0.0330. The number of halogens is 1. The van der Waals surface area contributed by atoms with Gasteiger partial charge < -0.3 is 15.0 Å². The van der Waals surface area contributed by atoms with Crippen LogP contribution in [0.1, 0.15) is 46.9 Å². The first-order valence-corrected chi connectivity index (χ1v) is 11.3. The zero-order chi connectivity index (χ0) is 26.0. The summed E-state index contributed by atoms with van der Waals surface area (Å²) in [7, 11) is 3.13. The number of carbonyl (C=O) groups excluding carboxylic acids is 3. The van der Waals surface area contributed by atoms with Crippen molar-refractivity contribution in [3.8, 4) is 6.07 Å². The van der Waals surface area contributed by atoms with Gasteiger partial charge in [-0.3, -0.25) is 19.8 Å². The molecule has 4 heterocycles. The third kappa shape index (κ3) is 4.57. The first-order valence-electron chi connectivity index (χ1n) is 11.3. The molecule has 1 saturated carbocycles. The lowest BCUT2D eigenvalue weighted by molar-refractivity contribution is -0.128. The number of amides is 3. The van der Waals surface area contributed by atoms with Crippen LogP contribution in [0.3, 0.4) is 0 Å². The Morgan fingerprint density at radius 2 is 2.17 bits per heavy atom. The summed E-state index contributed by atoms with van der Waals surface area (Å²) in [6.07, 6.45) is 2.07.